The van der Waals surface area contributed by atoms with E-state index in [1.165, 1.54) is 0 Å². The van der Waals surface area contributed by atoms with E-state index in [0.717, 1.165) is 6.07 Å². The van der Waals surface area contributed by atoms with Crippen molar-refractivity contribution in [1.82, 2.24) is 14.9 Å². The quantitative estimate of drug-likeness (QED) is 0.744. The van der Waals surface area contributed by atoms with Crippen LogP contribution in [0.5, 0.6) is 0 Å². The zero-order valence-electron chi connectivity index (χ0n) is 11.5. The summed E-state index contributed by atoms with van der Waals surface area (Å²) in [5.41, 5.74) is 2.99. The van der Waals surface area contributed by atoms with E-state index < -0.39 is 23.4 Å². The highest BCUT2D eigenvalue weighted by Crippen LogP contribution is 2.29. The summed E-state index contributed by atoms with van der Waals surface area (Å²) < 4.78 is 37.7. The van der Waals surface area contributed by atoms with Crippen molar-refractivity contribution in [3.63, 3.8) is 0 Å². The van der Waals surface area contributed by atoms with Gasteiger partial charge in [-0.1, -0.05) is 0 Å². The van der Waals surface area contributed by atoms with E-state index in [0.29, 0.717) is 6.54 Å². The molecule has 0 aliphatic heterocycles. The van der Waals surface area contributed by atoms with Crippen LogP contribution in [0.3, 0.4) is 0 Å². The minimum absolute atomic E-state index is 0.0267. The first-order valence-electron chi connectivity index (χ1n) is 5.82. The predicted molar refractivity (Wildman–Crippen MR) is 69.1 cm³/mol. The molecule has 1 aromatic heterocycles. The number of nitrogens with two attached hydrogens (primary N) is 1. The fourth-order valence-electron chi connectivity index (χ4n) is 1.72. The van der Waals surface area contributed by atoms with Crippen LogP contribution in [-0.2, 0) is 6.18 Å². The van der Waals surface area contributed by atoms with E-state index in [4.69, 9.17) is 5.73 Å². The third-order valence-electron chi connectivity index (χ3n) is 2.34. The molecule has 1 heterocycles. The van der Waals surface area contributed by atoms with Gasteiger partial charge < -0.3 is 21.1 Å². The van der Waals surface area contributed by atoms with Gasteiger partial charge in [0.15, 0.2) is 5.69 Å². The molecule has 0 aromatic carbocycles. The first-order valence-corrected chi connectivity index (χ1v) is 5.82. The van der Waals surface area contributed by atoms with Gasteiger partial charge in [0.05, 0.1) is 5.60 Å². The summed E-state index contributed by atoms with van der Waals surface area (Å²) in [5, 5.41) is 12.7. The van der Waals surface area contributed by atoms with Crippen LogP contribution >= 0.6 is 0 Å². The van der Waals surface area contributed by atoms with Crippen molar-refractivity contribution in [3.05, 3.63) is 11.8 Å². The Morgan fingerprint density at radius 2 is 1.95 bits per heavy atom. The number of hydrogen-bond donors (Lipinski definition) is 3. The Hall–Kier alpha value is -1.61. The minimum Gasteiger partial charge on any atom is -0.387 e. The average molecular weight is 293 g/mol. The summed E-state index contributed by atoms with van der Waals surface area (Å²) in [4.78, 5) is 8.55. The largest absolute Gasteiger partial charge is 0.433 e. The topological polar surface area (TPSA) is 87.3 Å². The molecular formula is C11H18F3N5O. The molecule has 6 nitrogen and oxygen atoms in total. The van der Waals surface area contributed by atoms with Crippen molar-refractivity contribution >= 4 is 11.8 Å². The molecule has 1 aromatic rings. The molecule has 9 heteroatoms. The van der Waals surface area contributed by atoms with Gasteiger partial charge in [-0.25, -0.2) is 4.98 Å². The van der Waals surface area contributed by atoms with Gasteiger partial charge in [-0.15, -0.1) is 0 Å². The van der Waals surface area contributed by atoms with Gasteiger partial charge in [-0.3, -0.25) is 0 Å². The SMILES string of the molecule is CN(C)CC(C)(O)CNc1cc(C(F)(F)F)nc(N)n1. The van der Waals surface area contributed by atoms with Gasteiger partial charge in [0.2, 0.25) is 5.95 Å². The third-order valence-corrected chi connectivity index (χ3v) is 2.34. The van der Waals surface area contributed by atoms with Crippen LogP contribution in [0.2, 0.25) is 0 Å². The smallest absolute Gasteiger partial charge is 0.387 e. The lowest BCUT2D eigenvalue weighted by atomic mass is 10.1. The lowest BCUT2D eigenvalue weighted by molar-refractivity contribution is -0.141. The van der Waals surface area contributed by atoms with Crippen molar-refractivity contribution in [1.29, 1.82) is 0 Å². The number of aliphatic hydroxyl groups is 1. The van der Waals surface area contributed by atoms with Gasteiger partial charge in [0.25, 0.3) is 0 Å². The molecule has 0 saturated carbocycles. The summed E-state index contributed by atoms with van der Waals surface area (Å²) >= 11 is 0. The highest BCUT2D eigenvalue weighted by atomic mass is 19.4. The monoisotopic (exact) mass is 293 g/mol. The fourth-order valence-corrected chi connectivity index (χ4v) is 1.72. The number of rotatable bonds is 5. The van der Waals surface area contributed by atoms with Crippen molar-refractivity contribution in [2.24, 2.45) is 0 Å². The van der Waals surface area contributed by atoms with Crippen molar-refractivity contribution in [2.75, 3.05) is 38.2 Å². The lowest BCUT2D eigenvalue weighted by Crippen LogP contribution is -2.43. The molecule has 114 valence electrons. The first-order chi connectivity index (χ1) is 8.99. The number of aromatic nitrogens is 2. The lowest BCUT2D eigenvalue weighted by Gasteiger charge is -2.27. The van der Waals surface area contributed by atoms with Crippen LogP contribution in [-0.4, -0.2) is 52.8 Å². The van der Waals surface area contributed by atoms with Gasteiger partial charge in [-0.2, -0.15) is 18.2 Å². The normalized spacial score (nSPS) is 15.2. The van der Waals surface area contributed by atoms with Gasteiger partial charge in [0.1, 0.15) is 5.82 Å². The van der Waals surface area contributed by atoms with Crippen molar-refractivity contribution in [2.45, 2.75) is 18.7 Å². The molecule has 0 saturated heterocycles. The first kappa shape index (κ1) is 16.4. The fraction of sp³-hybridized carbons (Fsp3) is 0.636. The maximum absolute atomic E-state index is 12.6. The molecule has 1 rings (SSSR count). The summed E-state index contributed by atoms with van der Waals surface area (Å²) in [6, 6.07) is 0.752. The van der Waals surface area contributed by atoms with Crippen LogP contribution in [0, 0.1) is 0 Å². The molecule has 0 amide bonds. The minimum atomic E-state index is -4.60. The zero-order valence-corrected chi connectivity index (χ0v) is 11.5. The van der Waals surface area contributed by atoms with Crippen LogP contribution in [0.25, 0.3) is 0 Å². The molecule has 20 heavy (non-hydrogen) atoms. The number of halogens is 3. The molecule has 1 atom stereocenters. The van der Waals surface area contributed by atoms with Gasteiger partial charge in [0, 0.05) is 19.2 Å². The summed E-state index contributed by atoms with van der Waals surface area (Å²) in [7, 11) is 3.55. The Morgan fingerprint density at radius 3 is 2.45 bits per heavy atom. The number of anilines is 2. The molecule has 0 aliphatic rings. The number of alkyl halides is 3. The van der Waals surface area contributed by atoms with Crippen LogP contribution < -0.4 is 11.1 Å². The van der Waals surface area contributed by atoms with E-state index in [1.807, 2.05) is 0 Å². The molecule has 1 unspecified atom stereocenters. The second-order valence-corrected chi connectivity index (χ2v) is 5.08. The molecule has 0 fully saturated rings. The molecular weight excluding hydrogens is 275 g/mol. The highest BCUT2D eigenvalue weighted by Gasteiger charge is 2.33. The Morgan fingerprint density at radius 1 is 1.35 bits per heavy atom. The van der Waals surface area contributed by atoms with Gasteiger partial charge >= 0.3 is 6.18 Å². The maximum atomic E-state index is 12.6. The van der Waals surface area contributed by atoms with Crippen LogP contribution in [0.15, 0.2) is 6.07 Å². The van der Waals surface area contributed by atoms with Gasteiger partial charge in [-0.05, 0) is 21.0 Å². The van der Waals surface area contributed by atoms with E-state index in [9.17, 15) is 18.3 Å². The summed E-state index contributed by atoms with van der Waals surface area (Å²) in [6.45, 7) is 1.93. The van der Waals surface area contributed by atoms with E-state index in [2.05, 4.69) is 15.3 Å². The third kappa shape index (κ3) is 5.17. The number of hydrogen-bond acceptors (Lipinski definition) is 6. The van der Waals surface area contributed by atoms with E-state index in [-0.39, 0.29) is 12.4 Å². The second-order valence-electron chi connectivity index (χ2n) is 5.08. The molecule has 0 aliphatic carbocycles. The standard InChI is InChI=1S/C11H18F3N5O/c1-10(20,6-19(2)3)5-16-8-4-7(11(12,13)14)17-9(15)18-8/h4,20H,5-6H2,1-3H3,(H3,15,16,17,18). The number of nitrogens with one attached hydrogen (secondary N) is 1. The van der Waals surface area contributed by atoms with Crippen molar-refractivity contribution in [3.8, 4) is 0 Å². The Labute approximate surface area is 114 Å². The molecule has 0 radical (unpaired) electrons. The molecule has 4 N–H and O–H groups in total. The summed E-state index contributed by atoms with van der Waals surface area (Å²) in [6.07, 6.45) is -4.60. The number of nitrogens with zero attached hydrogens (tertiary/aromatic N) is 3. The Bertz CT molecular complexity index is 462. The molecule has 0 bridgehead atoms. The number of nitrogen functional groups attached to an aromatic ring is 1. The predicted octanol–water partition coefficient (Wildman–Crippen LogP) is 0.802. The maximum Gasteiger partial charge on any atom is 0.433 e. The second kappa shape index (κ2) is 5.80. The molecule has 0 spiro atoms. The number of likely N-dealkylation sites (N-methyl/N-ethyl adjacent to an activating group) is 1. The summed E-state index contributed by atoms with van der Waals surface area (Å²) in [5.74, 6) is -0.557. The highest BCUT2D eigenvalue weighted by molar-refractivity contribution is 5.41. The van der Waals surface area contributed by atoms with Crippen molar-refractivity contribution < 1.29 is 18.3 Å². The van der Waals surface area contributed by atoms with Crippen LogP contribution in [0.1, 0.15) is 12.6 Å². The Kier molecular flexibility index (Phi) is 4.77. The van der Waals surface area contributed by atoms with E-state index in [1.54, 1.807) is 25.9 Å². The Balaban J connectivity index is 2.81. The van der Waals surface area contributed by atoms with Crippen LogP contribution in [0.4, 0.5) is 24.9 Å². The average Bonchev–Trinajstić information content (AvgIpc) is 2.23. The zero-order chi connectivity index (χ0) is 15.6. The van der Waals surface area contributed by atoms with E-state index >= 15 is 0 Å².